The second-order valence-corrected chi connectivity index (χ2v) is 6.49. The van der Waals surface area contributed by atoms with Crippen LogP contribution in [0.4, 0.5) is 5.69 Å². The minimum atomic E-state index is -3.48. The SMILES string of the molecule is CNc1ccc(S(=O)(=O)N2CCn3cnnc3C2)cc1. The Hall–Kier alpha value is -1.93. The second kappa shape index (κ2) is 4.88. The smallest absolute Gasteiger partial charge is 0.243 e. The van der Waals surface area contributed by atoms with Crippen LogP contribution in [-0.2, 0) is 23.1 Å². The van der Waals surface area contributed by atoms with E-state index in [-0.39, 0.29) is 6.54 Å². The lowest BCUT2D eigenvalue weighted by Crippen LogP contribution is -2.38. The van der Waals surface area contributed by atoms with E-state index in [1.54, 1.807) is 37.6 Å². The molecular formula is C12H15N5O2S. The van der Waals surface area contributed by atoms with Gasteiger partial charge < -0.3 is 9.88 Å². The van der Waals surface area contributed by atoms with Crippen molar-refractivity contribution in [1.82, 2.24) is 19.1 Å². The maximum atomic E-state index is 12.6. The van der Waals surface area contributed by atoms with Crippen molar-refractivity contribution in [3.63, 3.8) is 0 Å². The molecule has 7 nitrogen and oxygen atoms in total. The molecule has 2 aromatic rings. The second-order valence-electron chi connectivity index (χ2n) is 4.55. The fraction of sp³-hybridized carbons (Fsp3) is 0.333. The summed E-state index contributed by atoms with van der Waals surface area (Å²) in [7, 11) is -1.69. The van der Waals surface area contributed by atoms with Crippen molar-refractivity contribution in [3.05, 3.63) is 36.4 Å². The Morgan fingerprint density at radius 2 is 1.95 bits per heavy atom. The molecule has 106 valence electrons. The highest BCUT2D eigenvalue weighted by Crippen LogP contribution is 2.21. The van der Waals surface area contributed by atoms with Crippen molar-refractivity contribution >= 4 is 15.7 Å². The predicted molar refractivity (Wildman–Crippen MR) is 73.6 cm³/mol. The van der Waals surface area contributed by atoms with Gasteiger partial charge in [-0.2, -0.15) is 4.31 Å². The molecule has 0 unspecified atom stereocenters. The van der Waals surface area contributed by atoms with Gasteiger partial charge in [0, 0.05) is 25.8 Å². The number of rotatable bonds is 3. The summed E-state index contributed by atoms with van der Waals surface area (Å²) in [5.41, 5.74) is 0.877. The largest absolute Gasteiger partial charge is 0.388 e. The summed E-state index contributed by atoms with van der Waals surface area (Å²) in [6.07, 6.45) is 1.63. The molecule has 0 amide bonds. The Labute approximate surface area is 117 Å². The van der Waals surface area contributed by atoms with Crippen LogP contribution < -0.4 is 5.32 Å². The summed E-state index contributed by atoms with van der Waals surface area (Å²) in [5.74, 6) is 0.673. The van der Waals surface area contributed by atoms with E-state index in [0.717, 1.165) is 5.69 Å². The van der Waals surface area contributed by atoms with Crippen molar-refractivity contribution < 1.29 is 8.42 Å². The fourth-order valence-corrected chi connectivity index (χ4v) is 3.58. The molecule has 0 radical (unpaired) electrons. The number of benzene rings is 1. The quantitative estimate of drug-likeness (QED) is 0.892. The number of hydrogen-bond acceptors (Lipinski definition) is 5. The van der Waals surface area contributed by atoms with Gasteiger partial charge in [0.15, 0.2) is 0 Å². The van der Waals surface area contributed by atoms with Crippen LogP contribution in [-0.4, -0.2) is 41.1 Å². The molecule has 3 rings (SSSR count). The third-order valence-corrected chi connectivity index (χ3v) is 5.24. The zero-order chi connectivity index (χ0) is 14.2. The summed E-state index contributed by atoms with van der Waals surface area (Å²) in [5, 5.41) is 10.7. The number of sulfonamides is 1. The van der Waals surface area contributed by atoms with Crippen LogP contribution in [0.1, 0.15) is 5.82 Å². The van der Waals surface area contributed by atoms with Crippen LogP contribution in [0, 0.1) is 0 Å². The highest BCUT2D eigenvalue weighted by molar-refractivity contribution is 7.89. The Morgan fingerprint density at radius 1 is 1.20 bits per heavy atom. The van der Waals surface area contributed by atoms with Crippen LogP contribution in [0.3, 0.4) is 0 Å². The number of fused-ring (bicyclic) bond motifs is 1. The first-order valence-corrected chi connectivity index (χ1v) is 7.70. The summed E-state index contributed by atoms with van der Waals surface area (Å²) in [6, 6.07) is 6.72. The van der Waals surface area contributed by atoms with E-state index in [0.29, 0.717) is 23.8 Å². The number of anilines is 1. The van der Waals surface area contributed by atoms with Gasteiger partial charge in [-0.15, -0.1) is 10.2 Å². The van der Waals surface area contributed by atoms with E-state index in [2.05, 4.69) is 15.5 Å². The molecule has 1 aliphatic rings. The molecular weight excluding hydrogens is 278 g/mol. The molecule has 2 heterocycles. The van der Waals surface area contributed by atoms with Gasteiger partial charge in [-0.05, 0) is 24.3 Å². The number of hydrogen-bond donors (Lipinski definition) is 1. The highest BCUT2D eigenvalue weighted by Gasteiger charge is 2.29. The van der Waals surface area contributed by atoms with Crippen LogP contribution >= 0.6 is 0 Å². The first kappa shape index (κ1) is 13.1. The predicted octanol–water partition coefficient (Wildman–Crippen LogP) is 0.524. The third kappa shape index (κ3) is 2.16. The van der Waals surface area contributed by atoms with Gasteiger partial charge in [0.1, 0.15) is 12.2 Å². The first-order chi connectivity index (χ1) is 9.61. The van der Waals surface area contributed by atoms with Crippen molar-refractivity contribution in [3.8, 4) is 0 Å². The Bertz CT molecular complexity index is 708. The van der Waals surface area contributed by atoms with Gasteiger partial charge in [0.2, 0.25) is 10.0 Å². The molecule has 1 aromatic carbocycles. The molecule has 0 spiro atoms. The van der Waals surface area contributed by atoms with Crippen molar-refractivity contribution in [2.75, 3.05) is 18.9 Å². The normalized spacial score (nSPS) is 15.8. The average molecular weight is 293 g/mol. The van der Waals surface area contributed by atoms with Crippen molar-refractivity contribution in [1.29, 1.82) is 0 Å². The molecule has 20 heavy (non-hydrogen) atoms. The molecule has 0 saturated heterocycles. The third-order valence-electron chi connectivity index (χ3n) is 3.38. The van der Waals surface area contributed by atoms with E-state index >= 15 is 0 Å². The zero-order valence-electron chi connectivity index (χ0n) is 11.0. The minimum absolute atomic E-state index is 0.260. The van der Waals surface area contributed by atoms with Crippen LogP contribution in [0.25, 0.3) is 0 Å². The molecule has 0 aliphatic carbocycles. The molecule has 0 saturated carbocycles. The summed E-state index contributed by atoms with van der Waals surface area (Å²) < 4.78 is 28.4. The van der Waals surface area contributed by atoms with E-state index in [1.807, 2.05) is 4.57 Å². The van der Waals surface area contributed by atoms with E-state index in [1.165, 1.54) is 4.31 Å². The lowest BCUT2D eigenvalue weighted by molar-refractivity contribution is 0.335. The molecule has 1 aliphatic heterocycles. The van der Waals surface area contributed by atoms with Crippen LogP contribution in [0.15, 0.2) is 35.5 Å². The number of aromatic nitrogens is 3. The van der Waals surface area contributed by atoms with Gasteiger partial charge >= 0.3 is 0 Å². The Balaban J connectivity index is 1.88. The summed E-state index contributed by atoms with van der Waals surface area (Å²) in [4.78, 5) is 0.296. The number of nitrogens with one attached hydrogen (secondary N) is 1. The molecule has 0 fully saturated rings. The Kier molecular flexibility index (Phi) is 3.19. The summed E-state index contributed by atoms with van der Waals surface area (Å²) >= 11 is 0. The monoisotopic (exact) mass is 293 g/mol. The maximum absolute atomic E-state index is 12.6. The van der Waals surface area contributed by atoms with Crippen LogP contribution in [0.2, 0.25) is 0 Å². The average Bonchev–Trinajstić information content (AvgIpc) is 2.94. The molecule has 0 bridgehead atoms. The van der Waals surface area contributed by atoms with E-state index in [4.69, 9.17) is 0 Å². The van der Waals surface area contributed by atoms with Crippen molar-refractivity contribution in [2.45, 2.75) is 18.0 Å². The van der Waals surface area contributed by atoms with Gasteiger partial charge in [0.25, 0.3) is 0 Å². The number of nitrogens with zero attached hydrogens (tertiary/aromatic N) is 4. The zero-order valence-corrected chi connectivity index (χ0v) is 11.8. The van der Waals surface area contributed by atoms with Crippen LogP contribution in [0.5, 0.6) is 0 Å². The summed E-state index contributed by atoms with van der Waals surface area (Å²) in [6.45, 7) is 1.27. The molecule has 0 atom stereocenters. The van der Waals surface area contributed by atoms with Gasteiger partial charge in [0.05, 0.1) is 11.4 Å². The van der Waals surface area contributed by atoms with Crippen molar-refractivity contribution in [2.24, 2.45) is 0 Å². The molecule has 8 heteroatoms. The minimum Gasteiger partial charge on any atom is -0.388 e. The molecule has 1 N–H and O–H groups in total. The lowest BCUT2D eigenvalue weighted by Gasteiger charge is -2.26. The topological polar surface area (TPSA) is 80.1 Å². The van der Waals surface area contributed by atoms with Gasteiger partial charge in [-0.1, -0.05) is 0 Å². The fourth-order valence-electron chi connectivity index (χ4n) is 2.19. The van der Waals surface area contributed by atoms with E-state index < -0.39 is 10.0 Å². The highest BCUT2D eigenvalue weighted by atomic mass is 32.2. The first-order valence-electron chi connectivity index (χ1n) is 6.26. The lowest BCUT2D eigenvalue weighted by atomic mass is 10.3. The van der Waals surface area contributed by atoms with E-state index in [9.17, 15) is 8.42 Å². The standard InChI is InChI=1S/C12H15N5O2S/c1-13-10-2-4-11(5-3-10)20(18,19)17-7-6-16-9-14-15-12(16)8-17/h2-5,9,13H,6-8H2,1H3. The van der Waals surface area contributed by atoms with Gasteiger partial charge in [-0.3, -0.25) is 0 Å². The molecule has 1 aromatic heterocycles. The van der Waals surface area contributed by atoms with Gasteiger partial charge in [-0.25, -0.2) is 8.42 Å². The Morgan fingerprint density at radius 3 is 2.65 bits per heavy atom. The maximum Gasteiger partial charge on any atom is 0.243 e.